The Hall–Kier alpha value is -1.18. The standard InChI is InChI=1S/C13H21N3O3S/c14-12-5-4-11(8-15-12)20(18,19)16-9-13(10-17)6-2-1-3-7-13/h4-5,8,16-17H,1-3,6-7,9-10H2,(H2,14,15). The number of sulfonamides is 1. The molecular formula is C13H21N3O3S. The Morgan fingerprint density at radius 2 is 2.00 bits per heavy atom. The summed E-state index contributed by atoms with van der Waals surface area (Å²) in [6, 6.07) is 2.88. The molecule has 0 radical (unpaired) electrons. The van der Waals surface area contributed by atoms with Gasteiger partial charge in [-0.1, -0.05) is 19.3 Å². The molecule has 6 nitrogen and oxygen atoms in total. The van der Waals surface area contributed by atoms with E-state index in [1.165, 1.54) is 18.3 Å². The molecule has 1 aromatic rings. The molecular weight excluding hydrogens is 278 g/mol. The predicted octanol–water partition coefficient (Wildman–Crippen LogP) is 0.885. The van der Waals surface area contributed by atoms with Gasteiger partial charge in [-0.3, -0.25) is 0 Å². The molecule has 112 valence electrons. The molecule has 0 amide bonds. The van der Waals surface area contributed by atoms with Gasteiger partial charge in [0.1, 0.15) is 10.7 Å². The van der Waals surface area contributed by atoms with Gasteiger partial charge in [0.05, 0.1) is 0 Å². The minimum absolute atomic E-state index is 0.00943. The van der Waals surface area contributed by atoms with E-state index in [0.29, 0.717) is 0 Å². The highest BCUT2D eigenvalue weighted by atomic mass is 32.2. The number of nitrogens with one attached hydrogen (secondary N) is 1. The fourth-order valence-corrected chi connectivity index (χ4v) is 3.68. The lowest BCUT2D eigenvalue weighted by Gasteiger charge is -2.35. The highest BCUT2D eigenvalue weighted by molar-refractivity contribution is 7.89. The first-order valence-electron chi connectivity index (χ1n) is 6.80. The summed E-state index contributed by atoms with van der Waals surface area (Å²) in [5, 5.41) is 9.58. The molecule has 0 spiro atoms. The molecule has 1 fully saturated rings. The Morgan fingerprint density at radius 1 is 1.30 bits per heavy atom. The van der Waals surface area contributed by atoms with Crippen LogP contribution in [0.1, 0.15) is 32.1 Å². The lowest BCUT2D eigenvalue weighted by Crippen LogP contribution is -2.41. The predicted molar refractivity (Wildman–Crippen MR) is 76.4 cm³/mol. The third-order valence-corrected chi connectivity index (χ3v) is 5.34. The van der Waals surface area contributed by atoms with Crippen LogP contribution < -0.4 is 10.5 Å². The van der Waals surface area contributed by atoms with Crippen LogP contribution in [-0.2, 0) is 10.0 Å². The van der Waals surface area contributed by atoms with Gasteiger partial charge in [-0.05, 0) is 25.0 Å². The summed E-state index contributed by atoms with van der Waals surface area (Å²) >= 11 is 0. The van der Waals surface area contributed by atoms with Crippen LogP contribution in [0.25, 0.3) is 0 Å². The van der Waals surface area contributed by atoms with Crippen LogP contribution in [0.3, 0.4) is 0 Å². The second-order valence-electron chi connectivity index (χ2n) is 5.46. The summed E-state index contributed by atoms with van der Waals surface area (Å²) in [6.45, 7) is 0.270. The number of aliphatic hydroxyl groups is 1. The van der Waals surface area contributed by atoms with Crippen molar-refractivity contribution in [1.82, 2.24) is 9.71 Å². The first kappa shape index (κ1) is 15.2. The quantitative estimate of drug-likeness (QED) is 0.748. The fraction of sp³-hybridized carbons (Fsp3) is 0.615. The lowest BCUT2D eigenvalue weighted by molar-refractivity contribution is 0.0867. The molecule has 0 aromatic carbocycles. The van der Waals surface area contributed by atoms with Gasteiger partial charge in [-0.2, -0.15) is 0 Å². The first-order valence-corrected chi connectivity index (χ1v) is 8.28. The molecule has 1 aliphatic carbocycles. The van der Waals surface area contributed by atoms with Crippen LogP contribution in [0, 0.1) is 5.41 Å². The van der Waals surface area contributed by atoms with Gasteiger partial charge in [0.15, 0.2) is 0 Å². The van der Waals surface area contributed by atoms with Crippen LogP contribution in [0.4, 0.5) is 5.82 Å². The van der Waals surface area contributed by atoms with Gasteiger partial charge in [-0.25, -0.2) is 18.1 Å². The van der Waals surface area contributed by atoms with Crippen molar-refractivity contribution in [1.29, 1.82) is 0 Å². The number of anilines is 1. The van der Waals surface area contributed by atoms with Crippen molar-refractivity contribution in [2.45, 2.75) is 37.0 Å². The van der Waals surface area contributed by atoms with Crippen molar-refractivity contribution in [2.24, 2.45) is 5.41 Å². The Bertz CT molecular complexity index is 536. The summed E-state index contributed by atoms with van der Waals surface area (Å²) in [5.41, 5.74) is 5.12. The van der Waals surface area contributed by atoms with Crippen LogP contribution in [0.2, 0.25) is 0 Å². The summed E-state index contributed by atoms with van der Waals surface area (Å²) < 4.78 is 26.9. The highest BCUT2D eigenvalue weighted by Crippen LogP contribution is 2.35. The van der Waals surface area contributed by atoms with E-state index in [0.717, 1.165) is 32.1 Å². The van der Waals surface area contributed by atoms with Crippen LogP contribution >= 0.6 is 0 Å². The molecule has 4 N–H and O–H groups in total. The van der Waals surface area contributed by atoms with Crippen LogP contribution in [0.5, 0.6) is 0 Å². The molecule has 0 unspecified atom stereocenters. The molecule has 20 heavy (non-hydrogen) atoms. The monoisotopic (exact) mass is 299 g/mol. The number of nitrogens with zero attached hydrogens (tertiary/aromatic N) is 1. The van der Waals surface area contributed by atoms with E-state index >= 15 is 0 Å². The Balaban J connectivity index is 2.06. The van der Waals surface area contributed by atoms with E-state index in [9.17, 15) is 13.5 Å². The molecule has 1 heterocycles. The van der Waals surface area contributed by atoms with E-state index in [1.807, 2.05) is 0 Å². The SMILES string of the molecule is Nc1ccc(S(=O)(=O)NCC2(CO)CCCCC2)cn1. The number of rotatable bonds is 5. The van der Waals surface area contributed by atoms with Crippen molar-refractivity contribution >= 4 is 15.8 Å². The number of nitrogen functional groups attached to an aromatic ring is 1. The molecule has 0 aliphatic heterocycles. The van der Waals surface area contributed by atoms with Gasteiger partial charge in [0, 0.05) is 24.8 Å². The molecule has 0 saturated heterocycles. The van der Waals surface area contributed by atoms with Crippen LogP contribution in [-0.4, -0.2) is 31.7 Å². The maximum absolute atomic E-state index is 12.2. The third-order valence-electron chi connectivity index (χ3n) is 3.96. The summed E-state index contributed by atoms with van der Waals surface area (Å²) in [7, 11) is -3.60. The van der Waals surface area contributed by atoms with E-state index in [1.54, 1.807) is 0 Å². The van der Waals surface area contributed by atoms with E-state index < -0.39 is 10.0 Å². The lowest BCUT2D eigenvalue weighted by atomic mass is 9.75. The molecule has 0 atom stereocenters. The first-order chi connectivity index (χ1) is 9.47. The minimum Gasteiger partial charge on any atom is -0.396 e. The average Bonchev–Trinajstić information content (AvgIpc) is 2.47. The summed E-state index contributed by atoms with van der Waals surface area (Å²) in [6.07, 6.45) is 6.16. The number of nitrogens with two attached hydrogens (primary N) is 1. The molecule has 0 bridgehead atoms. The van der Waals surface area contributed by atoms with Gasteiger partial charge in [-0.15, -0.1) is 0 Å². The number of pyridine rings is 1. The molecule has 1 saturated carbocycles. The topological polar surface area (TPSA) is 105 Å². The van der Waals surface area contributed by atoms with Crippen molar-refractivity contribution in [3.8, 4) is 0 Å². The van der Waals surface area contributed by atoms with E-state index in [4.69, 9.17) is 5.73 Å². The maximum Gasteiger partial charge on any atom is 0.242 e. The van der Waals surface area contributed by atoms with Crippen LogP contribution in [0.15, 0.2) is 23.2 Å². The van der Waals surface area contributed by atoms with Gasteiger partial charge < -0.3 is 10.8 Å². The zero-order valence-corrected chi connectivity index (χ0v) is 12.2. The Morgan fingerprint density at radius 3 is 2.55 bits per heavy atom. The largest absolute Gasteiger partial charge is 0.396 e. The molecule has 1 aromatic heterocycles. The van der Waals surface area contributed by atoms with Gasteiger partial charge in [0.2, 0.25) is 10.0 Å². The second-order valence-corrected chi connectivity index (χ2v) is 7.23. The normalized spacial score (nSPS) is 18.9. The van der Waals surface area contributed by atoms with Crippen molar-refractivity contribution in [3.05, 3.63) is 18.3 Å². The number of aromatic nitrogens is 1. The van der Waals surface area contributed by atoms with Gasteiger partial charge >= 0.3 is 0 Å². The van der Waals surface area contributed by atoms with E-state index in [-0.39, 0.29) is 29.3 Å². The Kier molecular flexibility index (Phi) is 4.62. The van der Waals surface area contributed by atoms with E-state index in [2.05, 4.69) is 9.71 Å². The third kappa shape index (κ3) is 3.47. The Labute approximate surface area is 119 Å². The van der Waals surface area contributed by atoms with Gasteiger partial charge in [0.25, 0.3) is 0 Å². The summed E-state index contributed by atoms with van der Waals surface area (Å²) in [4.78, 5) is 3.88. The molecule has 1 aliphatic rings. The zero-order valence-electron chi connectivity index (χ0n) is 11.4. The number of hydrogen-bond donors (Lipinski definition) is 3. The number of aliphatic hydroxyl groups excluding tert-OH is 1. The average molecular weight is 299 g/mol. The molecule has 2 rings (SSSR count). The fourth-order valence-electron chi connectivity index (χ4n) is 2.57. The smallest absolute Gasteiger partial charge is 0.242 e. The zero-order chi connectivity index (χ0) is 14.6. The maximum atomic E-state index is 12.2. The van der Waals surface area contributed by atoms with Crippen molar-refractivity contribution < 1.29 is 13.5 Å². The summed E-state index contributed by atoms with van der Waals surface area (Å²) in [5.74, 6) is 0.281. The van der Waals surface area contributed by atoms with Crippen molar-refractivity contribution in [2.75, 3.05) is 18.9 Å². The molecule has 7 heteroatoms. The second kappa shape index (κ2) is 6.07. The highest BCUT2D eigenvalue weighted by Gasteiger charge is 2.32. The van der Waals surface area contributed by atoms with Crippen molar-refractivity contribution in [3.63, 3.8) is 0 Å². The number of hydrogen-bond acceptors (Lipinski definition) is 5. The minimum atomic E-state index is -3.60.